The molecule has 0 saturated heterocycles. The molecule has 0 aliphatic heterocycles. The Kier molecular flexibility index (Phi) is 4.95. The van der Waals surface area contributed by atoms with Crippen molar-refractivity contribution in [1.82, 2.24) is 4.90 Å². The Balaban J connectivity index is 2.13. The van der Waals surface area contributed by atoms with Gasteiger partial charge in [0.1, 0.15) is 0 Å². The van der Waals surface area contributed by atoms with Crippen molar-refractivity contribution < 1.29 is 4.79 Å². The fraction of sp³-hybridized carbons (Fsp3) is 0.533. The molecule has 0 heterocycles. The molecule has 2 rings (SSSR count). The molecule has 1 fully saturated rings. The van der Waals surface area contributed by atoms with E-state index in [-0.39, 0.29) is 11.8 Å². The molecule has 1 atom stereocenters. The van der Waals surface area contributed by atoms with Crippen molar-refractivity contribution in [3.63, 3.8) is 0 Å². The second kappa shape index (κ2) is 6.33. The molecule has 1 aliphatic carbocycles. The second-order valence-electron chi connectivity index (χ2n) is 5.72. The van der Waals surface area contributed by atoms with E-state index < -0.39 is 6.04 Å². The summed E-state index contributed by atoms with van der Waals surface area (Å²) in [6.45, 7) is 4.47. The minimum atomic E-state index is -0.446. The number of amides is 1. The van der Waals surface area contributed by atoms with E-state index in [1.807, 2.05) is 30.9 Å². The maximum atomic E-state index is 12.5. The molecule has 1 saturated carbocycles. The highest BCUT2D eigenvalue weighted by atomic mass is 35.5. The quantitative estimate of drug-likeness (QED) is 0.904. The minimum Gasteiger partial charge on any atom is -0.334 e. The van der Waals surface area contributed by atoms with Crippen LogP contribution in [0.4, 0.5) is 0 Å². The molecular weight excluding hydrogens is 295 g/mol. The Labute approximate surface area is 130 Å². The lowest BCUT2D eigenvalue weighted by Crippen LogP contribution is -2.47. The van der Waals surface area contributed by atoms with Crippen LogP contribution in [0.5, 0.6) is 0 Å². The molecule has 110 valence electrons. The summed E-state index contributed by atoms with van der Waals surface area (Å²) in [5.41, 5.74) is 6.98. The highest BCUT2D eigenvalue weighted by Gasteiger charge is 2.35. The van der Waals surface area contributed by atoms with Crippen LogP contribution in [-0.4, -0.2) is 22.9 Å². The summed E-state index contributed by atoms with van der Waals surface area (Å²) in [7, 11) is 0. The van der Waals surface area contributed by atoms with E-state index in [0.717, 1.165) is 18.4 Å². The van der Waals surface area contributed by atoms with Gasteiger partial charge in [-0.1, -0.05) is 43.1 Å². The predicted molar refractivity (Wildman–Crippen MR) is 82.8 cm³/mol. The molecule has 0 spiro atoms. The molecule has 1 amide bonds. The molecular formula is C15H20Cl2N2O. The summed E-state index contributed by atoms with van der Waals surface area (Å²) in [6.07, 6.45) is 2.11. The largest absolute Gasteiger partial charge is 0.334 e. The van der Waals surface area contributed by atoms with Gasteiger partial charge >= 0.3 is 0 Å². The molecule has 3 nitrogen and oxygen atoms in total. The van der Waals surface area contributed by atoms with Gasteiger partial charge in [-0.3, -0.25) is 4.79 Å². The lowest BCUT2D eigenvalue weighted by Gasteiger charge is -2.27. The maximum absolute atomic E-state index is 12.5. The Bertz CT molecular complexity index is 501. The van der Waals surface area contributed by atoms with Gasteiger partial charge in [-0.05, 0) is 36.5 Å². The standard InChI is InChI=1S/C15H20Cl2N2O/c1-9(2)14(18)15(20)19(11-4-5-11)8-10-3-6-12(16)13(17)7-10/h3,6-7,9,11,14H,4-5,8,18H2,1-2H3. The van der Waals surface area contributed by atoms with Gasteiger partial charge in [-0.15, -0.1) is 0 Å². The summed E-state index contributed by atoms with van der Waals surface area (Å²) in [6, 6.07) is 5.35. The van der Waals surface area contributed by atoms with Crippen LogP contribution in [0.2, 0.25) is 10.0 Å². The normalized spacial score (nSPS) is 16.3. The van der Waals surface area contributed by atoms with Gasteiger partial charge in [0.15, 0.2) is 0 Å². The maximum Gasteiger partial charge on any atom is 0.240 e. The average Bonchev–Trinajstić information content (AvgIpc) is 3.22. The SMILES string of the molecule is CC(C)C(N)C(=O)N(Cc1ccc(Cl)c(Cl)c1)C1CC1. The van der Waals surface area contributed by atoms with Crippen molar-refractivity contribution in [2.75, 3.05) is 0 Å². The number of carbonyl (C=O) groups excluding carboxylic acids is 1. The van der Waals surface area contributed by atoms with Crippen molar-refractivity contribution >= 4 is 29.1 Å². The van der Waals surface area contributed by atoms with Crippen molar-refractivity contribution in [3.05, 3.63) is 33.8 Å². The number of halogens is 2. The smallest absolute Gasteiger partial charge is 0.240 e. The number of benzene rings is 1. The Morgan fingerprint density at radius 2 is 2.00 bits per heavy atom. The molecule has 2 N–H and O–H groups in total. The number of hydrogen-bond acceptors (Lipinski definition) is 2. The molecule has 5 heteroatoms. The van der Waals surface area contributed by atoms with Gasteiger partial charge in [0.05, 0.1) is 16.1 Å². The van der Waals surface area contributed by atoms with Gasteiger partial charge in [0, 0.05) is 12.6 Å². The molecule has 1 aliphatic rings. The third kappa shape index (κ3) is 3.66. The molecule has 0 bridgehead atoms. The van der Waals surface area contributed by atoms with E-state index in [1.54, 1.807) is 6.07 Å². The van der Waals surface area contributed by atoms with E-state index in [4.69, 9.17) is 28.9 Å². The summed E-state index contributed by atoms with van der Waals surface area (Å²) < 4.78 is 0. The Hall–Kier alpha value is -0.770. The van der Waals surface area contributed by atoms with Crippen molar-refractivity contribution in [2.45, 2.75) is 45.3 Å². The number of nitrogens with two attached hydrogens (primary N) is 1. The van der Waals surface area contributed by atoms with Crippen LogP contribution in [0, 0.1) is 5.92 Å². The zero-order valence-electron chi connectivity index (χ0n) is 11.8. The van der Waals surface area contributed by atoms with Crippen LogP contribution in [0.25, 0.3) is 0 Å². The number of rotatable bonds is 5. The Morgan fingerprint density at radius 3 is 2.50 bits per heavy atom. The van der Waals surface area contributed by atoms with E-state index >= 15 is 0 Å². The van der Waals surface area contributed by atoms with Gasteiger partial charge in [0.25, 0.3) is 0 Å². The van der Waals surface area contributed by atoms with Crippen molar-refractivity contribution in [1.29, 1.82) is 0 Å². The second-order valence-corrected chi connectivity index (χ2v) is 6.53. The predicted octanol–water partition coefficient (Wildman–Crippen LogP) is 3.47. The van der Waals surface area contributed by atoms with Gasteiger partial charge in [0.2, 0.25) is 5.91 Å². The van der Waals surface area contributed by atoms with E-state index in [0.29, 0.717) is 22.6 Å². The van der Waals surface area contributed by atoms with Crippen molar-refractivity contribution in [2.24, 2.45) is 11.7 Å². The minimum absolute atomic E-state index is 0.0218. The molecule has 1 unspecified atom stereocenters. The number of hydrogen-bond donors (Lipinski definition) is 1. The monoisotopic (exact) mass is 314 g/mol. The fourth-order valence-corrected chi connectivity index (χ4v) is 2.41. The molecule has 1 aromatic carbocycles. The first kappa shape index (κ1) is 15.6. The lowest BCUT2D eigenvalue weighted by molar-refractivity contribution is -0.134. The molecule has 0 radical (unpaired) electrons. The van der Waals surface area contributed by atoms with E-state index in [9.17, 15) is 4.79 Å². The van der Waals surface area contributed by atoms with Crippen LogP contribution in [0.3, 0.4) is 0 Å². The first-order valence-corrected chi connectivity index (χ1v) is 7.65. The van der Waals surface area contributed by atoms with Crippen molar-refractivity contribution in [3.8, 4) is 0 Å². The fourth-order valence-electron chi connectivity index (χ4n) is 2.08. The summed E-state index contributed by atoms with van der Waals surface area (Å²) in [4.78, 5) is 14.3. The third-order valence-corrected chi connectivity index (χ3v) is 4.35. The number of carbonyl (C=O) groups is 1. The zero-order chi connectivity index (χ0) is 14.9. The van der Waals surface area contributed by atoms with E-state index in [1.165, 1.54) is 0 Å². The molecule has 20 heavy (non-hydrogen) atoms. The van der Waals surface area contributed by atoms with Gasteiger partial charge < -0.3 is 10.6 Å². The first-order valence-electron chi connectivity index (χ1n) is 6.90. The lowest BCUT2D eigenvalue weighted by atomic mass is 10.0. The van der Waals surface area contributed by atoms with Crippen LogP contribution >= 0.6 is 23.2 Å². The van der Waals surface area contributed by atoms with Gasteiger partial charge in [-0.25, -0.2) is 0 Å². The summed E-state index contributed by atoms with van der Waals surface area (Å²) in [5, 5.41) is 1.04. The highest BCUT2D eigenvalue weighted by molar-refractivity contribution is 6.42. The first-order chi connectivity index (χ1) is 9.40. The van der Waals surface area contributed by atoms with E-state index in [2.05, 4.69) is 0 Å². The molecule has 1 aromatic rings. The van der Waals surface area contributed by atoms with Crippen LogP contribution in [0.15, 0.2) is 18.2 Å². The topological polar surface area (TPSA) is 46.3 Å². The van der Waals surface area contributed by atoms with Crippen LogP contribution < -0.4 is 5.73 Å². The summed E-state index contributed by atoms with van der Waals surface area (Å²) >= 11 is 11.9. The molecule has 0 aromatic heterocycles. The zero-order valence-corrected chi connectivity index (χ0v) is 13.3. The average molecular weight is 315 g/mol. The highest BCUT2D eigenvalue weighted by Crippen LogP contribution is 2.30. The number of nitrogens with zero attached hydrogens (tertiary/aromatic N) is 1. The van der Waals surface area contributed by atoms with Crippen LogP contribution in [-0.2, 0) is 11.3 Å². The summed E-state index contributed by atoms with van der Waals surface area (Å²) in [5.74, 6) is 0.158. The van der Waals surface area contributed by atoms with Gasteiger partial charge in [-0.2, -0.15) is 0 Å². The third-order valence-electron chi connectivity index (χ3n) is 3.61. The van der Waals surface area contributed by atoms with Crippen LogP contribution in [0.1, 0.15) is 32.3 Å². The Morgan fingerprint density at radius 1 is 1.35 bits per heavy atom.